The fourth-order valence-corrected chi connectivity index (χ4v) is 7.47. The van der Waals surface area contributed by atoms with Crippen LogP contribution in [0.15, 0.2) is 78.9 Å². The molecule has 4 N–H and O–H groups in total. The predicted octanol–water partition coefficient (Wildman–Crippen LogP) is 4.75. The zero-order valence-electron chi connectivity index (χ0n) is 26.8. The molecule has 3 aliphatic rings. The van der Waals surface area contributed by atoms with Crippen LogP contribution in [0.25, 0.3) is 0 Å². The van der Waals surface area contributed by atoms with Gasteiger partial charge in [0.05, 0.1) is 6.04 Å². The third-order valence-corrected chi connectivity index (χ3v) is 10.3. The number of urea groups is 1. The Morgan fingerprint density at radius 2 is 1.53 bits per heavy atom. The van der Waals surface area contributed by atoms with E-state index in [2.05, 4.69) is 38.3 Å². The Hall–Kier alpha value is -3.92. The summed E-state index contributed by atoms with van der Waals surface area (Å²) in [5.41, 5.74) is 3.92. The maximum absolute atomic E-state index is 14.1. The van der Waals surface area contributed by atoms with E-state index in [-0.39, 0.29) is 23.4 Å². The molecule has 0 aromatic heterocycles. The van der Waals surface area contributed by atoms with Gasteiger partial charge in [0.2, 0.25) is 11.8 Å². The molecule has 9 nitrogen and oxygen atoms in total. The Kier molecular flexibility index (Phi) is 10.8. The van der Waals surface area contributed by atoms with Crippen LogP contribution in [0.3, 0.4) is 0 Å². The number of rotatable bonds is 9. The normalized spacial score (nSPS) is 20.0. The van der Waals surface area contributed by atoms with Crippen LogP contribution < -0.4 is 21.3 Å². The van der Waals surface area contributed by atoms with E-state index in [4.69, 9.17) is 11.6 Å². The van der Waals surface area contributed by atoms with Crippen molar-refractivity contribution in [3.8, 4) is 0 Å². The zero-order valence-corrected chi connectivity index (χ0v) is 27.6. The average molecular weight is 657 g/mol. The molecule has 1 saturated carbocycles. The molecule has 248 valence electrons. The molecule has 2 aliphatic heterocycles. The number of hydrogen-bond acceptors (Lipinski definition) is 5. The van der Waals surface area contributed by atoms with Crippen LogP contribution in [-0.4, -0.2) is 78.0 Å². The average Bonchev–Trinajstić information content (AvgIpc) is 3.11. The summed E-state index contributed by atoms with van der Waals surface area (Å²) in [7, 11) is 0. The number of nitrogens with zero attached hydrogens (tertiary/aromatic N) is 2. The van der Waals surface area contributed by atoms with E-state index in [1.807, 2.05) is 71.6 Å². The van der Waals surface area contributed by atoms with Crippen LogP contribution in [0.5, 0.6) is 0 Å². The molecule has 0 spiro atoms. The maximum atomic E-state index is 14.1. The molecule has 3 aromatic carbocycles. The van der Waals surface area contributed by atoms with Gasteiger partial charge in [-0.15, -0.1) is 0 Å². The van der Waals surface area contributed by atoms with Crippen molar-refractivity contribution < 1.29 is 14.4 Å². The minimum absolute atomic E-state index is 0.0674. The van der Waals surface area contributed by atoms with Gasteiger partial charge in [-0.1, -0.05) is 85.5 Å². The summed E-state index contributed by atoms with van der Waals surface area (Å²) < 4.78 is 0. The third kappa shape index (κ3) is 8.33. The molecule has 2 fully saturated rings. The molecule has 4 amide bonds. The van der Waals surface area contributed by atoms with Gasteiger partial charge in [-0.25, -0.2) is 4.79 Å². The lowest BCUT2D eigenvalue weighted by Crippen LogP contribution is -2.64. The molecule has 47 heavy (non-hydrogen) atoms. The zero-order chi connectivity index (χ0) is 32.6. The van der Waals surface area contributed by atoms with E-state index in [0.717, 1.165) is 55.6 Å². The minimum Gasteiger partial charge on any atom is -0.343 e. The topological polar surface area (TPSA) is 106 Å². The number of carbonyl (C=O) groups is 3. The van der Waals surface area contributed by atoms with E-state index < -0.39 is 12.1 Å². The number of para-hydroxylation sites is 1. The number of halogens is 1. The van der Waals surface area contributed by atoms with Gasteiger partial charge < -0.3 is 26.2 Å². The number of benzene rings is 3. The molecule has 3 aromatic rings. The summed E-state index contributed by atoms with van der Waals surface area (Å²) in [5, 5.41) is 13.2. The van der Waals surface area contributed by atoms with E-state index in [1.54, 1.807) is 0 Å². The van der Waals surface area contributed by atoms with Gasteiger partial charge >= 0.3 is 6.03 Å². The lowest BCUT2D eigenvalue weighted by Gasteiger charge is -2.50. The van der Waals surface area contributed by atoms with Gasteiger partial charge in [0.1, 0.15) is 6.04 Å². The number of amides is 4. The van der Waals surface area contributed by atoms with Crippen LogP contribution in [0, 0.1) is 0 Å². The van der Waals surface area contributed by atoms with Crippen molar-refractivity contribution in [2.45, 2.75) is 69.1 Å². The van der Waals surface area contributed by atoms with Crippen molar-refractivity contribution in [1.82, 2.24) is 25.8 Å². The van der Waals surface area contributed by atoms with Crippen molar-refractivity contribution in [3.63, 3.8) is 0 Å². The first-order valence-electron chi connectivity index (χ1n) is 16.9. The van der Waals surface area contributed by atoms with Crippen LogP contribution in [0.4, 0.5) is 10.5 Å². The van der Waals surface area contributed by atoms with E-state index in [1.165, 1.54) is 12.0 Å². The van der Waals surface area contributed by atoms with E-state index in [9.17, 15) is 14.4 Å². The van der Waals surface area contributed by atoms with Crippen molar-refractivity contribution in [3.05, 3.63) is 101 Å². The molecule has 6 rings (SSSR count). The molecular weight excluding hydrogens is 612 g/mol. The lowest BCUT2D eigenvalue weighted by atomic mass is 9.79. The van der Waals surface area contributed by atoms with Crippen LogP contribution in [0.2, 0.25) is 5.02 Å². The first-order chi connectivity index (χ1) is 22.9. The largest absolute Gasteiger partial charge is 0.343 e. The maximum Gasteiger partial charge on any atom is 0.319 e. The molecule has 0 radical (unpaired) electrons. The summed E-state index contributed by atoms with van der Waals surface area (Å²) in [6, 6.07) is 23.8. The standard InChI is InChI=1S/C37H45ClN6O3/c38-30-15-13-27(14-16-30)23-33(42-34(45)32-24-28-9-5-6-10-29(28)25-39-32)35(46)43-19-21-44(22-20-43)37(17-7-2-8-18-37)26-40-36(47)41-31-11-3-1-4-12-31/h1,3-6,9-16,32-33,39H,2,7-8,17-26H2,(H,42,45)(H2,40,41,47). The third-order valence-electron chi connectivity index (χ3n) is 10.0. The molecule has 1 saturated heterocycles. The number of nitrogens with one attached hydrogen (secondary N) is 4. The number of hydrogen-bond donors (Lipinski definition) is 4. The molecule has 1 aliphatic carbocycles. The summed E-state index contributed by atoms with van der Waals surface area (Å²) in [4.78, 5) is 44.9. The second-order valence-electron chi connectivity index (χ2n) is 13.1. The molecular formula is C37H45ClN6O3. The first-order valence-corrected chi connectivity index (χ1v) is 17.3. The first kappa shape index (κ1) is 33.0. The van der Waals surface area contributed by atoms with Gasteiger partial charge in [-0.05, 0) is 60.2 Å². The Bertz CT molecular complexity index is 1520. The van der Waals surface area contributed by atoms with Gasteiger partial charge in [-0.3, -0.25) is 14.5 Å². The second kappa shape index (κ2) is 15.3. The van der Waals surface area contributed by atoms with Crippen LogP contribution in [0.1, 0.15) is 48.8 Å². The fraction of sp³-hybridized carbons (Fsp3) is 0.432. The highest BCUT2D eigenvalue weighted by molar-refractivity contribution is 6.30. The van der Waals surface area contributed by atoms with Gasteiger partial charge in [0.25, 0.3) is 0 Å². The Morgan fingerprint density at radius 3 is 2.26 bits per heavy atom. The van der Waals surface area contributed by atoms with Crippen molar-refractivity contribution >= 4 is 35.1 Å². The minimum atomic E-state index is -0.693. The SMILES string of the molecule is O=C(NCC1(N2CCN(C(=O)C(Cc3ccc(Cl)cc3)NC(=O)C3Cc4ccccc4CN3)CC2)CCCCC1)Nc1ccccc1. The Balaban J connectivity index is 1.10. The van der Waals surface area contributed by atoms with Gasteiger partial charge in [0, 0.05) is 61.9 Å². The van der Waals surface area contributed by atoms with E-state index in [0.29, 0.717) is 44.0 Å². The lowest BCUT2D eigenvalue weighted by molar-refractivity contribution is -0.139. The predicted molar refractivity (Wildman–Crippen MR) is 185 cm³/mol. The number of piperazine rings is 1. The highest BCUT2D eigenvalue weighted by Gasteiger charge is 2.41. The summed E-state index contributed by atoms with van der Waals surface area (Å²) >= 11 is 6.14. The molecule has 2 unspecified atom stereocenters. The van der Waals surface area contributed by atoms with Crippen LogP contribution in [-0.2, 0) is 29.0 Å². The fourth-order valence-electron chi connectivity index (χ4n) is 7.35. The van der Waals surface area contributed by atoms with Crippen molar-refractivity contribution in [2.24, 2.45) is 0 Å². The second-order valence-corrected chi connectivity index (χ2v) is 13.5. The van der Waals surface area contributed by atoms with E-state index >= 15 is 0 Å². The van der Waals surface area contributed by atoms with Gasteiger partial charge in [0.15, 0.2) is 0 Å². The highest BCUT2D eigenvalue weighted by atomic mass is 35.5. The highest BCUT2D eigenvalue weighted by Crippen LogP contribution is 2.34. The molecule has 2 heterocycles. The van der Waals surface area contributed by atoms with Crippen LogP contribution >= 0.6 is 11.6 Å². The smallest absolute Gasteiger partial charge is 0.319 e. The molecule has 0 bridgehead atoms. The summed E-state index contributed by atoms with van der Waals surface area (Å²) in [6.07, 6.45) is 6.44. The van der Waals surface area contributed by atoms with Gasteiger partial charge in [-0.2, -0.15) is 0 Å². The summed E-state index contributed by atoms with van der Waals surface area (Å²) in [5.74, 6) is -0.228. The summed E-state index contributed by atoms with van der Waals surface area (Å²) in [6.45, 7) is 3.76. The van der Waals surface area contributed by atoms with Crippen molar-refractivity contribution in [1.29, 1.82) is 0 Å². The molecule has 10 heteroatoms. The number of carbonyl (C=O) groups excluding carboxylic acids is 3. The van der Waals surface area contributed by atoms with Crippen molar-refractivity contribution in [2.75, 3.05) is 38.0 Å². The Labute approximate surface area is 282 Å². The number of anilines is 1. The monoisotopic (exact) mass is 656 g/mol. The number of fused-ring (bicyclic) bond motifs is 1. The Morgan fingerprint density at radius 1 is 0.851 bits per heavy atom. The quantitative estimate of drug-likeness (QED) is 0.266. The molecule has 2 atom stereocenters.